The van der Waals surface area contributed by atoms with Gasteiger partial charge in [0.05, 0.1) is 31.8 Å². The fourth-order valence-corrected chi connectivity index (χ4v) is 2.74. The quantitative estimate of drug-likeness (QED) is 0.881. The summed E-state index contributed by atoms with van der Waals surface area (Å²) in [5.74, 6) is 0.509. The highest BCUT2D eigenvalue weighted by Gasteiger charge is 2.38. The molecule has 3 rings (SSSR count). The summed E-state index contributed by atoms with van der Waals surface area (Å²) in [6, 6.07) is 4.73. The Labute approximate surface area is 117 Å². The van der Waals surface area contributed by atoms with Crippen LogP contribution in [-0.2, 0) is 4.74 Å². The van der Waals surface area contributed by atoms with Crippen molar-refractivity contribution < 1.29 is 19.0 Å². The van der Waals surface area contributed by atoms with E-state index in [0.717, 1.165) is 24.2 Å². The number of nitrogens with one attached hydrogen (secondary N) is 1. The fourth-order valence-electron chi connectivity index (χ4n) is 2.74. The predicted octanol–water partition coefficient (Wildman–Crippen LogP) is 1.64. The summed E-state index contributed by atoms with van der Waals surface area (Å²) in [7, 11) is 0. The first-order valence-corrected chi connectivity index (χ1v) is 7.07. The lowest BCUT2D eigenvalue weighted by Gasteiger charge is -2.41. The van der Waals surface area contributed by atoms with E-state index in [2.05, 4.69) is 5.32 Å². The molecule has 0 bridgehead atoms. The van der Waals surface area contributed by atoms with E-state index in [1.165, 1.54) is 6.07 Å². The van der Waals surface area contributed by atoms with Crippen molar-refractivity contribution in [3.63, 3.8) is 0 Å². The van der Waals surface area contributed by atoms with Crippen molar-refractivity contribution in [2.75, 3.05) is 33.0 Å². The van der Waals surface area contributed by atoms with E-state index in [1.54, 1.807) is 12.1 Å². The molecule has 110 valence electrons. The molecule has 1 atom stereocenters. The average molecular weight is 281 g/mol. The van der Waals surface area contributed by atoms with Gasteiger partial charge in [-0.15, -0.1) is 0 Å². The normalized spacial score (nSPS) is 24.2. The summed E-state index contributed by atoms with van der Waals surface area (Å²) in [5.41, 5.74) is 0.691. The lowest BCUT2D eigenvalue weighted by molar-refractivity contribution is -0.135. The highest BCUT2D eigenvalue weighted by molar-refractivity contribution is 5.37. The van der Waals surface area contributed by atoms with Crippen LogP contribution in [-0.4, -0.2) is 38.1 Å². The molecule has 2 N–H and O–H groups in total. The number of hydrogen-bond acceptors (Lipinski definition) is 4. The van der Waals surface area contributed by atoms with Gasteiger partial charge in [-0.3, -0.25) is 0 Å². The molecule has 1 aromatic rings. The first-order chi connectivity index (χ1) is 9.72. The Kier molecular flexibility index (Phi) is 3.92. The van der Waals surface area contributed by atoms with Gasteiger partial charge in [0, 0.05) is 18.2 Å². The van der Waals surface area contributed by atoms with Crippen LogP contribution in [0.5, 0.6) is 5.75 Å². The molecule has 0 spiro atoms. The Morgan fingerprint density at radius 1 is 1.40 bits per heavy atom. The average Bonchev–Trinajstić information content (AvgIpc) is 2.60. The minimum Gasteiger partial charge on any atom is -0.493 e. The molecular weight excluding hydrogens is 261 g/mol. The van der Waals surface area contributed by atoms with Crippen LogP contribution in [0.1, 0.15) is 24.4 Å². The molecule has 1 aromatic carbocycles. The second kappa shape index (κ2) is 5.68. The van der Waals surface area contributed by atoms with Crippen molar-refractivity contribution in [2.45, 2.75) is 18.9 Å². The molecule has 1 unspecified atom stereocenters. The van der Waals surface area contributed by atoms with Crippen LogP contribution >= 0.6 is 0 Å². The van der Waals surface area contributed by atoms with Crippen molar-refractivity contribution in [1.29, 1.82) is 0 Å². The van der Waals surface area contributed by atoms with E-state index in [4.69, 9.17) is 9.47 Å². The van der Waals surface area contributed by atoms with Gasteiger partial charge in [0.1, 0.15) is 11.6 Å². The van der Waals surface area contributed by atoms with E-state index < -0.39 is 0 Å². The number of aliphatic hydroxyl groups is 1. The van der Waals surface area contributed by atoms with Crippen LogP contribution < -0.4 is 10.1 Å². The van der Waals surface area contributed by atoms with E-state index in [1.807, 2.05) is 0 Å². The summed E-state index contributed by atoms with van der Waals surface area (Å²) >= 11 is 0. The van der Waals surface area contributed by atoms with Crippen LogP contribution in [0.15, 0.2) is 18.2 Å². The van der Waals surface area contributed by atoms with Gasteiger partial charge >= 0.3 is 0 Å². The lowest BCUT2D eigenvalue weighted by Crippen LogP contribution is -2.52. The largest absolute Gasteiger partial charge is 0.493 e. The molecule has 0 aromatic heterocycles. The number of rotatable bonds is 4. The molecule has 20 heavy (non-hydrogen) atoms. The second-order valence-electron chi connectivity index (χ2n) is 5.76. The summed E-state index contributed by atoms with van der Waals surface area (Å²) in [5, 5.41) is 12.9. The van der Waals surface area contributed by atoms with Gasteiger partial charge in [-0.2, -0.15) is 0 Å². The number of ether oxygens (including phenoxy) is 2. The van der Waals surface area contributed by atoms with Crippen LogP contribution in [0.25, 0.3) is 0 Å². The molecular formula is C15H20FNO3. The zero-order valence-electron chi connectivity index (χ0n) is 11.4. The fraction of sp³-hybridized carbons (Fsp3) is 0.600. The molecule has 0 radical (unpaired) electrons. The Morgan fingerprint density at radius 3 is 2.95 bits per heavy atom. The first kappa shape index (κ1) is 13.8. The molecule has 0 aliphatic carbocycles. The molecule has 5 heteroatoms. The second-order valence-corrected chi connectivity index (χ2v) is 5.76. The topological polar surface area (TPSA) is 50.7 Å². The molecule has 4 nitrogen and oxygen atoms in total. The van der Waals surface area contributed by atoms with Gasteiger partial charge in [-0.25, -0.2) is 4.39 Å². The maximum atomic E-state index is 13.5. The van der Waals surface area contributed by atoms with E-state index in [0.29, 0.717) is 26.4 Å². The Morgan fingerprint density at radius 2 is 2.25 bits per heavy atom. The zero-order valence-corrected chi connectivity index (χ0v) is 11.4. The monoisotopic (exact) mass is 281 g/mol. The standard InChI is InChI=1S/C15H20FNO3/c16-11-3-4-14-12(6-11)13(2-1-5-20-14)17-7-15(8-18)9-19-10-15/h3-4,6,13,17-18H,1-2,5,7-10H2. The van der Waals surface area contributed by atoms with E-state index >= 15 is 0 Å². The molecule has 0 amide bonds. The molecule has 1 fully saturated rings. The Balaban J connectivity index is 1.74. The number of hydrogen-bond donors (Lipinski definition) is 2. The van der Waals surface area contributed by atoms with Crippen LogP contribution in [0, 0.1) is 11.2 Å². The van der Waals surface area contributed by atoms with Gasteiger partial charge < -0.3 is 19.9 Å². The van der Waals surface area contributed by atoms with Crippen molar-refractivity contribution in [3.05, 3.63) is 29.6 Å². The summed E-state index contributed by atoms with van der Waals surface area (Å²) in [6.45, 7) is 2.60. The molecule has 2 aliphatic heterocycles. The molecule has 0 saturated carbocycles. The van der Waals surface area contributed by atoms with Crippen molar-refractivity contribution in [3.8, 4) is 5.75 Å². The number of benzene rings is 1. The van der Waals surface area contributed by atoms with E-state index in [9.17, 15) is 9.50 Å². The minimum absolute atomic E-state index is 0.0622. The number of halogens is 1. The number of fused-ring (bicyclic) bond motifs is 1. The van der Waals surface area contributed by atoms with Crippen LogP contribution in [0.2, 0.25) is 0 Å². The Bertz CT molecular complexity index is 471. The van der Waals surface area contributed by atoms with Crippen molar-refractivity contribution in [2.24, 2.45) is 5.41 Å². The molecule has 2 heterocycles. The maximum absolute atomic E-state index is 13.5. The predicted molar refractivity (Wildman–Crippen MR) is 72.2 cm³/mol. The third kappa shape index (κ3) is 2.66. The number of aliphatic hydroxyl groups excluding tert-OH is 1. The highest BCUT2D eigenvalue weighted by Crippen LogP contribution is 2.33. The Hall–Kier alpha value is -1.17. The van der Waals surface area contributed by atoms with Gasteiger partial charge in [0.15, 0.2) is 0 Å². The van der Waals surface area contributed by atoms with Gasteiger partial charge in [0.2, 0.25) is 0 Å². The smallest absolute Gasteiger partial charge is 0.124 e. The van der Waals surface area contributed by atoms with Gasteiger partial charge in [-0.05, 0) is 31.0 Å². The third-order valence-corrected chi connectivity index (χ3v) is 4.12. The van der Waals surface area contributed by atoms with Gasteiger partial charge in [-0.1, -0.05) is 0 Å². The maximum Gasteiger partial charge on any atom is 0.124 e. The third-order valence-electron chi connectivity index (χ3n) is 4.12. The molecule has 2 aliphatic rings. The zero-order chi connectivity index (χ0) is 14.0. The van der Waals surface area contributed by atoms with Crippen molar-refractivity contribution >= 4 is 0 Å². The summed E-state index contributed by atoms with van der Waals surface area (Å²) in [6.07, 6.45) is 1.83. The highest BCUT2D eigenvalue weighted by atomic mass is 19.1. The van der Waals surface area contributed by atoms with Gasteiger partial charge in [0.25, 0.3) is 0 Å². The lowest BCUT2D eigenvalue weighted by atomic mass is 9.86. The summed E-state index contributed by atoms with van der Waals surface area (Å²) in [4.78, 5) is 0. The summed E-state index contributed by atoms with van der Waals surface area (Å²) < 4.78 is 24.3. The van der Waals surface area contributed by atoms with Crippen LogP contribution in [0.3, 0.4) is 0 Å². The molecule has 1 saturated heterocycles. The minimum atomic E-state index is -0.245. The van der Waals surface area contributed by atoms with E-state index in [-0.39, 0.29) is 23.9 Å². The van der Waals surface area contributed by atoms with Crippen molar-refractivity contribution in [1.82, 2.24) is 5.32 Å². The van der Waals surface area contributed by atoms with Crippen LogP contribution in [0.4, 0.5) is 4.39 Å². The SMILES string of the molecule is OCC1(CNC2CCCOc3ccc(F)cc32)COC1. The first-order valence-electron chi connectivity index (χ1n) is 7.07.